The fourth-order valence-corrected chi connectivity index (χ4v) is 4.64. The highest BCUT2D eigenvalue weighted by Gasteiger charge is 2.44. The van der Waals surface area contributed by atoms with Crippen molar-refractivity contribution in [2.75, 3.05) is 18.5 Å². The number of nitriles is 1. The summed E-state index contributed by atoms with van der Waals surface area (Å²) in [6, 6.07) is 6.45. The number of amides is 2. The normalized spacial score (nSPS) is 15.9. The zero-order valence-corrected chi connectivity index (χ0v) is 17.6. The molecule has 8 nitrogen and oxygen atoms in total. The van der Waals surface area contributed by atoms with Crippen molar-refractivity contribution in [3.63, 3.8) is 0 Å². The zero-order chi connectivity index (χ0) is 22.9. The maximum absolute atomic E-state index is 13.3. The minimum Gasteiger partial charge on any atom is -0.450 e. The van der Waals surface area contributed by atoms with Crippen molar-refractivity contribution in [2.24, 2.45) is 0 Å². The van der Waals surface area contributed by atoms with Gasteiger partial charge in [-0.05, 0) is 31.1 Å². The Morgan fingerprint density at radius 1 is 1.41 bits per heavy atom. The van der Waals surface area contributed by atoms with Gasteiger partial charge in [-0.25, -0.2) is 4.79 Å². The van der Waals surface area contributed by atoms with Crippen LogP contribution >= 0.6 is 11.3 Å². The van der Waals surface area contributed by atoms with Gasteiger partial charge in [0.25, 0.3) is 0 Å². The molecular formula is C21H17F2N3O5S. The third kappa shape index (κ3) is 4.22. The number of para-hydroxylation sites is 1. The van der Waals surface area contributed by atoms with Crippen molar-refractivity contribution in [1.29, 1.82) is 5.26 Å². The van der Waals surface area contributed by atoms with Crippen molar-refractivity contribution in [2.45, 2.75) is 26.2 Å². The van der Waals surface area contributed by atoms with Gasteiger partial charge in [0.15, 0.2) is 11.5 Å². The van der Waals surface area contributed by atoms with E-state index in [0.717, 1.165) is 16.5 Å². The number of anilines is 1. The van der Waals surface area contributed by atoms with Crippen LogP contribution in [0.15, 0.2) is 24.3 Å². The van der Waals surface area contributed by atoms with Gasteiger partial charge in [-0.1, -0.05) is 12.1 Å². The molecule has 3 heterocycles. The number of carbonyl (C=O) groups is 2. The van der Waals surface area contributed by atoms with E-state index < -0.39 is 18.3 Å². The maximum atomic E-state index is 13.3. The van der Waals surface area contributed by atoms with Crippen LogP contribution in [0.3, 0.4) is 0 Å². The van der Waals surface area contributed by atoms with Crippen LogP contribution in [0, 0.1) is 11.3 Å². The third-order valence-electron chi connectivity index (χ3n) is 4.80. The summed E-state index contributed by atoms with van der Waals surface area (Å²) >= 11 is 1.21. The largest absolute Gasteiger partial charge is 0.586 e. The molecule has 2 aliphatic rings. The van der Waals surface area contributed by atoms with Crippen molar-refractivity contribution in [3.05, 3.63) is 45.8 Å². The maximum Gasteiger partial charge on any atom is 0.586 e. The van der Waals surface area contributed by atoms with Crippen molar-refractivity contribution in [1.82, 2.24) is 4.90 Å². The van der Waals surface area contributed by atoms with Crippen molar-refractivity contribution < 1.29 is 32.6 Å². The fourth-order valence-electron chi connectivity index (χ4n) is 3.42. The van der Waals surface area contributed by atoms with E-state index in [9.17, 15) is 23.6 Å². The lowest BCUT2D eigenvalue weighted by Crippen LogP contribution is -2.35. The molecule has 0 aliphatic carbocycles. The van der Waals surface area contributed by atoms with Crippen LogP contribution in [0.25, 0.3) is 6.08 Å². The number of hydrogen-bond donors (Lipinski definition) is 1. The van der Waals surface area contributed by atoms with Gasteiger partial charge in [-0.3, -0.25) is 4.79 Å². The van der Waals surface area contributed by atoms with Crippen LogP contribution in [-0.2, 0) is 22.5 Å². The lowest BCUT2D eigenvalue weighted by Gasteiger charge is -2.25. The summed E-state index contributed by atoms with van der Waals surface area (Å²) in [5, 5.41) is 12.6. The molecule has 0 saturated carbocycles. The summed E-state index contributed by atoms with van der Waals surface area (Å²) in [4.78, 5) is 26.8. The summed E-state index contributed by atoms with van der Waals surface area (Å²) in [6.07, 6.45) is -1.24. The number of thiophene rings is 1. The van der Waals surface area contributed by atoms with E-state index in [2.05, 4.69) is 20.9 Å². The van der Waals surface area contributed by atoms with Gasteiger partial charge in [0.1, 0.15) is 11.1 Å². The Labute approximate surface area is 185 Å². The topological polar surface area (TPSA) is 101 Å². The molecule has 0 fully saturated rings. The summed E-state index contributed by atoms with van der Waals surface area (Å²) in [5.41, 5.74) is 1.39. The Morgan fingerprint density at radius 3 is 2.97 bits per heavy atom. The lowest BCUT2D eigenvalue weighted by atomic mass is 10.0. The van der Waals surface area contributed by atoms with E-state index in [4.69, 9.17) is 4.74 Å². The summed E-state index contributed by atoms with van der Waals surface area (Å²) in [5.74, 6) is -0.836. The fraction of sp³-hybridized carbons (Fsp3) is 0.286. The molecule has 0 spiro atoms. The molecular weight excluding hydrogens is 444 g/mol. The van der Waals surface area contributed by atoms with E-state index in [0.29, 0.717) is 30.1 Å². The molecule has 1 aromatic carbocycles. The average molecular weight is 461 g/mol. The van der Waals surface area contributed by atoms with E-state index in [1.165, 1.54) is 35.6 Å². The SMILES string of the molecule is CCOC(=O)N1CCc2c(sc(NC(=O)C=Cc3cccc4c3OC(F)(F)O4)c2C#N)C1. The number of benzene rings is 1. The standard InChI is InChI=1S/C21H17F2N3O5S/c1-2-29-20(28)26-9-8-13-14(10-24)19(32-16(13)11-26)25-17(27)7-6-12-4-3-5-15-18(12)31-21(22,23)30-15/h3-7H,2,8-9,11H2,1H3,(H,25,27). The number of halogens is 2. The van der Waals surface area contributed by atoms with Gasteiger partial charge < -0.3 is 24.4 Å². The molecule has 0 bridgehead atoms. The predicted octanol–water partition coefficient (Wildman–Crippen LogP) is 4.11. The predicted molar refractivity (Wildman–Crippen MR) is 110 cm³/mol. The van der Waals surface area contributed by atoms with E-state index in [-0.39, 0.29) is 23.7 Å². The number of nitrogens with one attached hydrogen (secondary N) is 1. The van der Waals surface area contributed by atoms with Gasteiger partial charge in [-0.15, -0.1) is 20.1 Å². The molecule has 0 unspecified atom stereocenters. The summed E-state index contributed by atoms with van der Waals surface area (Å²) in [7, 11) is 0. The Morgan fingerprint density at radius 2 is 2.22 bits per heavy atom. The first-order valence-corrected chi connectivity index (χ1v) is 10.5. The highest BCUT2D eigenvalue weighted by Crippen LogP contribution is 2.43. The number of hydrogen-bond acceptors (Lipinski definition) is 7. The van der Waals surface area contributed by atoms with Crippen molar-refractivity contribution >= 4 is 34.4 Å². The first-order valence-electron chi connectivity index (χ1n) is 9.65. The number of fused-ring (bicyclic) bond motifs is 2. The van der Waals surface area contributed by atoms with Gasteiger partial charge in [0.05, 0.1) is 18.7 Å². The molecule has 0 radical (unpaired) electrons. The van der Waals surface area contributed by atoms with E-state index in [1.54, 1.807) is 11.8 Å². The Hall–Kier alpha value is -3.65. The molecule has 2 amide bonds. The van der Waals surface area contributed by atoms with Crippen LogP contribution in [0.1, 0.15) is 28.5 Å². The molecule has 11 heteroatoms. The van der Waals surface area contributed by atoms with Crippen LogP contribution < -0.4 is 14.8 Å². The molecule has 4 rings (SSSR count). The molecule has 2 aliphatic heterocycles. The number of nitrogens with zero attached hydrogens (tertiary/aromatic N) is 2. The first-order chi connectivity index (χ1) is 15.3. The number of rotatable bonds is 4. The van der Waals surface area contributed by atoms with Crippen LogP contribution in [0.5, 0.6) is 11.5 Å². The quantitative estimate of drug-likeness (QED) is 0.688. The number of alkyl halides is 2. The molecule has 32 heavy (non-hydrogen) atoms. The van der Waals surface area contributed by atoms with Crippen LogP contribution in [-0.4, -0.2) is 36.3 Å². The smallest absolute Gasteiger partial charge is 0.450 e. The Balaban J connectivity index is 1.49. The molecule has 2 aromatic rings. The summed E-state index contributed by atoms with van der Waals surface area (Å²) < 4.78 is 40.5. The minimum atomic E-state index is -3.76. The molecule has 0 saturated heterocycles. The second-order valence-corrected chi connectivity index (χ2v) is 7.96. The zero-order valence-electron chi connectivity index (χ0n) is 16.8. The van der Waals surface area contributed by atoms with Gasteiger partial charge in [0, 0.05) is 23.1 Å². The average Bonchev–Trinajstić information content (AvgIpc) is 3.26. The van der Waals surface area contributed by atoms with E-state index >= 15 is 0 Å². The number of ether oxygens (including phenoxy) is 3. The second kappa shape index (κ2) is 8.47. The highest BCUT2D eigenvalue weighted by molar-refractivity contribution is 7.16. The van der Waals surface area contributed by atoms with Crippen LogP contribution in [0.2, 0.25) is 0 Å². The van der Waals surface area contributed by atoms with Crippen molar-refractivity contribution in [3.8, 4) is 17.6 Å². The van der Waals surface area contributed by atoms with Gasteiger partial charge >= 0.3 is 12.4 Å². The number of carbonyl (C=O) groups excluding carboxylic acids is 2. The lowest BCUT2D eigenvalue weighted by molar-refractivity contribution is -0.286. The van der Waals surface area contributed by atoms with Crippen LogP contribution in [0.4, 0.5) is 18.6 Å². The molecule has 1 N–H and O–H groups in total. The molecule has 166 valence electrons. The van der Waals surface area contributed by atoms with E-state index in [1.807, 2.05) is 0 Å². The summed E-state index contributed by atoms with van der Waals surface area (Å²) in [6.45, 7) is 2.70. The monoisotopic (exact) mass is 461 g/mol. The molecule has 1 aromatic heterocycles. The highest BCUT2D eigenvalue weighted by atomic mass is 32.1. The Kier molecular flexibility index (Phi) is 5.71. The molecule has 0 atom stereocenters. The second-order valence-electron chi connectivity index (χ2n) is 6.85. The van der Waals surface area contributed by atoms with Gasteiger partial charge in [-0.2, -0.15) is 5.26 Å². The first kappa shape index (κ1) is 21.6. The minimum absolute atomic E-state index is 0.124. The third-order valence-corrected chi connectivity index (χ3v) is 5.94. The van der Waals surface area contributed by atoms with Gasteiger partial charge in [0.2, 0.25) is 5.91 Å². The Bertz CT molecular complexity index is 1160.